The van der Waals surface area contributed by atoms with Crippen molar-refractivity contribution in [2.75, 3.05) is 13.7 Å². The molecule has 100 valence electrons. The molecule has 0 aliphatic rings. The van der Waals surface area contributed by atoms with E-state index in [1.165, 1.54) is 13.2 Å². The highest BCUT2D eigenvalue weighted by atomic mass is 19.1. The summed E-state index contributed by atoms with van der Waals surface area (Å²) in [5.41, 5.74) is 0.655. The van der Waals surface area contributed by atoms with E-state index in [-0.39, 0.29) is 18.6 Å². The third-order valence-corrected chi connectivity index (χ3v) is 2.72. The molecule has 0 aliphatic carbocycles. The van der Waals surface area contributed by atoms with E-state index < -0.39 is 11.8 Å². The first-order valence-corrected chi connectivity index (χ1v) is 5.93. The predicted octanol–water partition coefficient (Wildman–Crippen LogP) is 2.49. The fourth-order valence-corrected chi connectivity index (χ4v) is 1.84. The smallest absolute Gasteiger partial charge is 0.310 e. The van der Waals surface area contributed by atoms with Crippen molar-refractivity contribution in [3.05, 3.63) is 35.6 Å². The summed E-state index contributed by atoms with van der Waals surface area (Å²) in [5.74, 6) is -0.567. The number of carbonyl (C=O) groups is 1. The number of esters is 1. The van der Waals surface area contributed by atoms with Gasteiger partial charge in [0.2, 0.25) is 5.88 Å². The van der Waals surface area contributed by atoms with Crippen LogP contribution in [0.2, 0.25) is 0 Å². The van der Waals surface area contributed by atoms with E-state index in [0.29, 0.717) is 11.4 Å². The standard InChI is InChI=1S/C14H14FNO3/c1-3-19-13(17)8-10-11(15)6-4-9-5-7-12(18-2)16-14(9)10/h4-7H,3,8H2,1-2H3. The molecule has 2 rings (SSSR count). The largest absolute Gasteiger partial charge is 0.481 e. The lowest BCUT2D eigenvalue weighted by Crippen LogP contribution is -2.09. The van der Waals surface area contributed by atoms with Gasteiger partial charge in [0.15, 0.2) is 0 Å². The van der Waals surface area contributed by atoms with Crippen molar-refractivity contribution < 1.29 is 18.7 Å². The molecule has 5 heteroatoms. The van der Waals surface area contributed by atoms with E-state index in [2.05, 4.69) is 4.98 Å². The fraction of sp³-hybridized carbons (Fsp3) is 0.286. The second-order valence-electron chi connectivity index (χ2n) is 3.93. The van der Waals surface area contributed by atoms with Gasteiger partial charge in [0.1, 0.15) is 5.82 Å². The van der Waals surface area contributed by atoms with Gasteiger partial charge in [-0.25, -0.2) is 9.37 Å². The minimum absolute atomic E-state index is 0.142. The van der Waals surface area contributed by atoms with Gasteiger partial charge in [-0.2, -0.15) is 0 Å². The van der Waals surface area contributed by atoms with E-state index in [0.717, 1.165) is 5.39 Å². The van der Waals surface area contributed by atoms with Crippen molar-refractivity contribution in [1.82, 2.24) is 4.98 Å². The van der Waals surface area contributed by atoms with Gasteiger partial charge in [-0.3, -0.25) is 4.79 Å². The zero-order chi connectivity index (χ0) is 13.8. The lowest BCUT2D eigenvalue weighted by atomic mass is 10.1. The average molecular weight is 263 g/mol. The van der Waals surface area contributed by atoms with Gasteiger partial charge >= 0.3 is 5.97 Å². The van der Waals surface area contributed by atoms with E-state index in [9.17, 15) is 9.18 Å². The van der Waals surface area contributed by atoms with Crippen LogP contribution in [-0.4, -0.2) is 24.7 Å². The number of ether oxygens (including phenoxy) is 2. The molecule has 0 atom stereocenters. The fourth-order valence-electron chi connectivity index (χ4n) is 1.84. The van der Waals surface area contributed by atoms with Crippen molar-refractivity contribution in [3.63, 3.8) is 0 Å². The topological polar surface area (TPSA) is 48.4 Å². The van der Waals surface area contributed by atoms with Crippen LogP contribution < -0.4 is 4.74 Å². The van der Waals surface area contributed by atoms with Gasteiger partial charge < -0.3 is 9.47 Å². The molecule has 1 heterocycles. The molecular weight excluding hydrogens is 249 g/mol. The molecule has 0 fully saturated rings. The van der Waals surface area contributed by atoms with Crippen LogP contribution in [0.1, 0.15) is 12.5 Å². The van der Waals surface area contributed by atoms with Gasteiger partial charge in [-0.05, 0) is 25.1 Å². The highest BCUT2D eigenvalue weighted by Gasteiger charge is 2.14. The van der Waals surface area contributed by atoms with E-state index in [1.54, 1.807) is 25.1 Å². The van der Waals surface area contributed by atoms with Crippen LogP contribution in [0.25, 0.3) is 10.9 Å². The summed E-state index contributed by atoms with van der Waals surface area (Å²) >= 11 is 0. The summed E-state index contributed by atoms with van der Waals surface area (Å²) in [6.07, 6.45) is -0.142. The van der Waals surface area contributed by atoms with Gasteiger partial charge in [-0.15, -0.1) is 0 Å². The van der Waals surface area contributed by atoms with Crippen molar-refractivity contribution in [2.24, 2.45) is 0 Å². The zero-order valence-corrected chi connectivity index (χ0v) is 10.8. The number of carbonyl (C=O) groups excluding carboxylic acids is 1. The van der Waals surface area contributed by atoms with Gasteiger partial charge in [-0.1, -0.05) is 0 Å². The van der Waals surface area contributed by atoms with Crippen LogP contribution in [0.4, 0.5) is 4.39 Å². The molecule has 0 spiro atoms. The molecule has 0 bridgehead atoms. The summed E-state index contributed by atoms with van der Waals surface area (Å²) in [4.78, 5) is 15.7. The number of nitrogens with zero attached hydrogens (tertiary/aromatic N) is 1. The Morgan fingerprint density at radius 1 is 1.32 bits per heavy atom. The zero-order valence-electron chi connectivity index (χ0n) is 10.8. The molecule has 0 unspecified atom stereocenters. The Bertz CT molecular complexity index is 613. The summed E-state index contributed by atoms with van der Waals surface area (Å²) in [5, 5.41) is 0.751. The highest BCUT2D eigenvalue weighted by molar-refractivity contribution is 5.86. The van der Waals surface area contributed by atoms with Crippen molar-refractivity contribution >= 4 is 16.9 Å². The number of fused-ring (bicyclic) bond motifs is 1. The van der Waals surface area contributed by atoms with Gasteiger partial charge in [0.05, 0.1) is 25.7 Å². The molecule has 4 nitrogen and oxygen atoms in total. The first-order valence-electron chi connectivity index (χ1n) is 5.93. The Hall–Kier alpha value is -2.17. The highest BCUT2D eigenvalue weighted by Crippen LogP contribution is 2.23. The van der Waals surface area contributed by atoms with E-state index in [4.69, 9.17) is 9.47 Å². The van der Waals surface area contributed by atoms with Crippen LogP contribution in [0.5, 0.6) is 5.88 Å². The number of halogens is 1. The SMILES string of the molecule is CCOC(=O)Cc1c(F)ccc2ccc(OC)nc12. The van der Waals surface area contributed by atoms with Crippen LogP contribution in [-0.2, 0) is 16.0 Å². The molecule has 0 saturated heterocycles. The Kier molecular flexibility index (Phi) is 3.94. The number of methoxy groups -OCH3 is 1. The number of hydrogen-bond acceptors (Lipinski definition) is 4. The molecule has 0 radical (unpaired) electrons. The molecule has 0 N–H and O–H groups in total. The summed E-state index contributed by atoms with van der Waals surface area (Å²) < 4.78 is 23.7. The van der Waals surface area contributed by atoms with Crippen molar-refractivity contribution in [1.29, 1.82) is 0 Å². The monoisotopic (exact) mass is 263 g/mol. The molecule has 1 aromatic heterocycles. The summed E-state index contributed by atoms with van der Waals surface area (Å²) in [7, 11) is 1.48. The molecular formula is C14H14FNO3. The second kappa shape index (κ2) is 5.65. The lowest BCUT2D eigenvalue weighted by Gasteiger charge is -2.08. The first kappa shape index (κ1) is 13.3. The maximum atomic E-state index is 13.9. The van der Waals surface area contributed by atoms with Crippen molar-refractivity contribution in [3.8, 4) is 5.88 Å². The Balaban J connectivity index is 2.50. The number of hydrogen-bond donors (Lipinski definition) is 0. The molecule has 0 aliphatic heterocycles. The summed E-state index contributed by atoms with van der Waals surface area (Å²) in [6, 6.07) is 6.40. The quantitative estimate of drug-likeness (QED) is 0.795. The average Bonchev–Trinajstić information content (AvgIpc) is 2.42. The van der Waals surface area contributed by atoms with E-state index in [1.807, 2.05) is 0 Å². The molecule has 0 amide bonds. The maximum absolute atomic E-state index is 13.9. The first-order chi connectivity index (χ1) is 9.15. The van der Waals surface area contributed by atoms with Crippen LogP contribution in [0.15, 0.2) is 24.3 Å². The molecule has 2 aromatic rings. The van der Waals surface area contributed by atoms with Crippen LogP contribution in [0, 0.1) is 5.82 Å². The third kappa shape index (κ3) is 2.81. The Morgan fingerprint density at radius 2 is 2.05 bits per heavy atom. The van der Waals surface area contributed by atoms with E-state index >= 15 is 0 Å². The van der Waals surface area contributed by atoms with Gasteiger partial charge in [0.25, 0.3) is 0 Å². The number of pyridine rings is 1. The maximum Gasteiger partial charge on any atom is 0.310 e. The molecule has 0 saturated carbocycles. The number of aromatic nitrogens is 1. The van der Waals surface area contributed by atoms with Gasteiger partial charge in [0, 0.05) is 17.0 Å². The lowest BCUT2D eigenvalue weighted by molar-refractivity contribution is -0.142. The Morgan fingerprint density at radius 3 is 2.74 bits per heavy atom. The Labute approximate surface area is 110 Å². The number of benzene rings is 1. The van der Waals surface area contributed by atoms with Crippen LogP contribution in [0.3, 0.4) is 0 Å². The third-order valence-electron chi connectivity index (χ3n) is 2.72. The minimum Gasteiger partial charge on any atom is -0.481 e. The molecule has 1 aromatic carbocycles. The van der Waals surface area contributed by atoms with Crippen LogP contribution >= 0.6 is 0 Å². The minimum atomic E-state index is -0.474. The number of rotatable bonds is 4. The summed E-state index contributed by atoms with van der Waals surface area (Å²) in [6.45, 7) is 1.97. The second-order valence-corrected chi connectivity index (χ2v) is 3.93. The molecule has 19 heavy (non-hydrogen) atoms. The predicted molar refractivity (Wildman–Crippen MR) is 68.6 cm³/mol. The normalized spacial score (nSPS) is 10.5. The van der Waals surface area contributed by atoms with Crippen molar-refractivity contribution in [2.45, 2.75) is 13.3 Å².